The average molecular weight is 295 g/mol. The predicted octanol–water partition coefficient (Wildman–Crippen LogP) is 1.94. The first kappa shape index (κ1) is 14.3. The topological polar surface area (TPSA) is 69.7 Å². The Morgan fingerprint density at radius 2 is 1.90 bits per heavy atom. The van der Waals surface area contributed by atoms with Crippen LogP contribution in [0.25, 0.3) is 5.76 Å². The number of ether oxygens (including phenoxy) is 2. The molecule has 1 aliphatic rings. The molecule has 5 nitrogen and oxygen atoms in total. The van der Waals surface area contributed by atoms with Gasteiger partial charge in [0.2, 0.25) is 0 Å². The van der Waals surface area contributed by atoms with Crippen molar-refractivity contribution < 1.29 is 23.9 Å². The first-order chi connectivity index (χ1) is 9.60. The molecule has 20 heavy (non-hydrogen) atoms. The molecule has 2 rings (SSSR count). The smallest absolute Gasteiger partial charge is 0.345 e. The van der Waals surface area contributed by atoms with E-state index in [9.17, 15) is 14.4 Å². The van der Waals surface area contributed by atoms with E-state index in [-0.39, 0.29) is 17.9 Å². The van der Waals surface area contributed by atoms with Gasteiger partial charge in [-0.25, -0.2) is 9.59 Å². The first-order valence-corrected chi connectivity index (χ1v) is 6.45. The molecule has 0 aliphatic carbocycles. The number of fused-ring (bicyclic) bond motifs is 1. The second-order valence-corrected chi connectivity index (χ2v) is 4.18. The van der Waals surface area contributed by atoms with Gasteiger partial charge in [-0.2, -0.15) is 0 Å². The number of alkyl halides is 1. The van der Waals surface area contributed by atoms with Crippen molar-refractivity contribution in [2.45, 2.75) is 6.92 Å². The number of esters is 2. The van der Waals surface area contributed by atoms with Crippen LogP contribution in [-0.4, -0.2) is 30.2 Å². The number of rotatable bonds is 4. The van der Waals surface area contributed by atoms with Crippen LogP contribution in [0.3, 0.4) is 0 Å². The van der Waals surface area contributed by atoms with Crippen molar-refractivity contribution in [3.8, 4) is 0 Å². The van der Waals surface area contributed by atoms with E-state index in [4.69, 9.17) is 21.1 Å². The second-order valence-electron chi connectivity index (χ2n) is 3.92. The van der Waals surface area contributed by atoms with Gasteiger partial charge >= 0.3 is 11.9 Å². The van der Waals surface area contributed by atoms with Crippen LogP contribution < -0.4 is 0 Å². The Balaban J connectivity index is 2.60. The fourth-order valence-corrected chi connectivity index (χ4v) is 1.98. The van der Waals surface area contributed by atoms with Crippen LogP contribution in [0.5, 0.6) is 0 Å². The lowest BCUT2D eigenvalue weighted by molar-refractivity contribution is -0.139. The third-order valence-electron chi connectivity index (χ3n) is 2.69. The van der Waals surface area contributed by atoms with Crippen molar-refractivity contribution in [2.75, 3.05) is 12.5 Å². The van der Waals surface area contributed by atoms with E-state index >= 15 is 0 Å². The highest BCUT2D eigenvalue weighted by Gasteiger charge is 2.34. The van der Waals surface area contributed by atoms with Crippen molar-refractivity contribution in [1.29, 1.82) is 0 Å². The van der Waals surface area contributed by atoms with Crippen LogP contribution in [-0.2, 0) is 19.1 Å². The molecule has 0 saturated carbocycles. The molecule has 0 aromatic heterocycles. The highest BCUT2D eigenvalue weighted by Crippen LogP contribution is 2.32. The molecule has 0 spiro atoms. The third-order valence-corrected chi connectivity index (χ3v) is 2.94. The highest BCUT2D eigenvalue weighted by atomic mass is 35.5. The van der Waals surface area contributed by atoms with E-state index < -0.39 is 23.6 Å². The molecule has 104 valence electrons. The number of hydrogen-bond donors (Lipinski definition) is 0. The van der Waals surface area contributed by atoms with E-state index in [0.717, 1.165) is 0 Å². The van der Waals surface area contributed by atoms with Gasteiger partial charge in [0.05, 0.1) is 18.1 Å². The summed E-state index contributed by atoms with van der Waals surface area (Å²) in [6.45, 7) is 1.71. The summed E-state index contributed by atoms with van der Waals surface area (Å²) in [5.41, 5.74) is 0.353. The van der Waals surface area contributed by atoms with Gasteiger partial charge in [-0.3, -0.25) is 4.79 Å². The lowest BCUT2D eigenvalue weighted by Gasteiger charge is -2.07. The molecule has 1 aromatic carbocycles. The quantitative estimate of drug-likeness (QED) is 0.279. The molecule has 0 radical (unpaired) electrons. The maximum absolute atomic E-state index is 11.9. The Morgan fingerprint density at radius 1 is 1.25 bits per heavy atom. The van der Waals surface area contributed by atoms with E-state index in [1.165, 1.54) is 0 Å². The SMILES string of the molecule is CCOC(=O)/C(C(=O)CCl)=C1\OC(=O)c2ccccc21. The van der Waals surface area contributed by atoms with Gasteiger partial charge in [0.15, 0.2) is 11.5 Å². The van der Waals surface area contributed by atoms with E-state index in [1.54, 1.807) is 31.2 Å². The lowest BCUT2D eigenvalue weighted by Crippen LogP contribution is -2.19. The molecule has 0 unspecified atom stereocenters. The van der Waals surface area contributed by atoms with E-state index in [2.05, 4.69) is 0 Å². The van der Waals surface area contributed by atoms with Gasteiger partial charge in [-0.05, 0) is 13.0 Å². The van der Waals surface area contributed by atoms with Crippen LogP contribution in [0.2, 0.25) is 0 Å². The summed E-state index contributed by atoms with van der Waals surface area (Å²) in [5.74, 6) is -2.60. The molecule has 1 heterocycles. The molecular formula is C14H11ClO5. The van der Waals surface area contributed by atoms with Gasteiger partial charge in [0.25, 0.3) is 0 Å². The molecule has 0 bridgehead atoms. The Morgan fingerprint density at radius 3 is 2.50 bits per heavy atom. The van der Waals surface area contributed by atoms with Gasteiger partial charge in [-0.15, -0.1) is 11.6 Å². The lowest BCUT2D eigenvalue weighted by atomic mass is 10.0. The first-order valence-electron chi connectivity index (χ1n) is 5.92. The number of cyclic esters (lactones) is 1. The van der Waals surface area contributed by atoms with E-state index in [1.807, 2.05) is 0 Å². The monoisotopic (exact) mass is 294 g/mol. The average Bonchev–Trinajstić information content (AvgIpc) is 2.77. The number of hydrogen-bond acceptors (Lipinski definition) is 5. The van der Waals surface area contributed by atoms with Crippen LogP contribution >= 0.6 is 11.6 Å². The third kappa shape index (κ3) is 2.44. The maximum Gasteiger partial charge on any atom is 0.345 e. The Hall–Kier alpha value is -2.14. The predicted molar refractivity (Wildman–Crippen MR) is 71.1 cm³/mol. The van der Waals surface area contributed by atoms with Gasteiger partial charge in [0, 0.05) is 5.56 Å². The molecule has 0 fully saturated rings. The molecule has 0 amide bonds. The summed E-state index contributed by atoms with van der Waals surface area (Å²) < 4.78 is 9.87. The van der Waals surface area contributed by atoms with Crippen molar-refractivity contribution in [3.05, 3.63) is 41.0 Å². The summed E-state index contributed by atoms with van der Waals surface area (Å²) >= 11 is 5.50. The molecule has 1 aliphatic heterocycles. The molecule has 1 aromatic rings. The minimum absolute atomic E-state index is 0.0882. The molecule has 0 atom stereocenters. The molecule has 0 N–H and O–H groups in total. The fraction of sp³-hybridized carbons (Fsp3) is 0.214. The zero-order chi connectivity index (χ0) is 14.7. The van der Waals surface area contributed by atoms with Gasteiger partial charge < -0.3 is 9.47 Å². The van der Waals surface area contributed by atoms with Crippen LogP contribution in [0.4, 0.5) is 0 Å². The second kappa shape index (κ2) is 5.88. The summed E-state index contributed by atoms with van der Waals surface area (Å²) in [4.78, 5) is 35.5. The zero-order valence-electron chi connectivity index (χ0n) is 10.6. The van der Waals surface area contributed by atoms with Gasteiger partial charge in [0.1, 0.15) is 5.57 Å². The number of benzene rings is 1. The Bertz CT molecular complexity index is 618. The maximum atomic E-state index is 11.9. The number of carbonyl (C=O) groups excluding carboxylic acids is 3. The Labute approximate surface area is 120 Å². The summed E-state index contributed by atoms with van der Waals surface area (Å²) in [6.07, 6.45) is 0. The Kier molecular flexibility index (Phi) is 4.20. The molecular weight excluding hydrogens is 284 g/mol. The fourth-order valence-electron chi connectivity index (χ4n) is 1.85. The molecule has 0 saturated heterocycles. The van der Waals surface area contributed by atoms with Crippen LogP contribution in [0.1, 0.15) is 22.8 Å². The number of ketones is 1. The van der Waals surface area contributed by atoms with Gasteiger partial charge in [-0.1, -0.05) is 18.2 Å². The number of carbonyl (C=O) groups is 3. The van der Waals surface area contributed by atoms with E-state index in [0.29, 0.717) is 11.1 Å². The largest absolute Gasteiger partial charge is 0.462 e. The van der Waals surface area contributed by atoms with Crippen molar-refractivity contribution in [2.24, 2.45) is 0 Å². The summed E-state index contributed by atoms with van der Waals surface area (Å²) in [6, 6.07) is 6.49. The van der Waals surface area contributed by atoms with Crippen molar-refractivity contribution in [1.82, 2.24) is 0 Å². The van der Waals surface area contributed by atoms with Crippen molar-refractivity contribution in [3.63, 3.8) is 0 Å². The molecule has 6 heteroatoms. The summed E-state index contributed by atoms with van der Waals surface area (Å²) in [5, 5.41) is 0. The standard InChI is InChI=1S/C14H11ClO5/c1-2-19-14(18)11(10(16)7-15)12-8-5-3-4-6-9(8)13(17)20-12/h3-6H,2,7H2,1H3/b12-11-. The zero-order valence-corrected chi connectivity index (χ0v) is 11.4. The number of Topliss-reactive ketones (excluding diaryl/α,β-unsaturated/α-hetero) is 1. The normalized spacial score (nSPS) is 15.4. The van der Waals surface area contributed by atoms with Crippen molar-refractivity contribution >= 4 is 35.1 Å². The minimum atomic E-state index is -0.849. The van der Waals surface area contributed by atoms with Crippen LogP contribution in [0.15, 0.2) is 29.8 Å². The highest BCUT2D eigenvalue weighted by molar-refractivity contribution is 6.36. The number of halogens is 1. The van der Waals surface area contributed by atoms with Crippen LogP contribution in [0, 0.1) is 0 Å². The minimum Gasteiger partial charge on any atom is -0.462 e. The summed E-state index contributed by atoms with van der Waals surface area (Å²) in [7, 11) is 0.